The summed E-state index contributed by atoms with van der Waals surface area (Å²) in [5.74, 6) is -0.801. The van der Waals surface area contributed by atoms with E-state index in [9.17, 15) is 9.59 Å². The number of carbonyl (C=O) groups excluding carboxylic acids is 2. The van der Waals surface area contributed by atoms with Crippen molar-refractivity contribution in [3.8, 4) is 0 Å². The first kappa shape index (κ1) is 16.9. The molecule has 0 fully saturated rings. The van der Waals surface area contributed by atoms with E-state index in [1.54, 1.807) is 30.3 Å². The van der Waals surface area contributed by atoms with E-state index in [1.165, 1.54) is 18.4 Å². The van der Waals surface area contributed by atoms with Gasteiger partial charge in [-0.3, -0.25) is 4.79 Å². The first-order chi connectivity index (χ1) is 12.1. The minimum Gasteiger partial charge on any atom is -0.465 e. The number of allylic oxidation sites excluding steroid dienone is 1. The van der Waals surface area contributed by atoms with Crippen LogP contribution in [0.1, 0.15) is 20.7 Å². The molecule has 0 aliphatic heterocycles. The minimum atomic E-state index is -0.440. The van der Waals surface area contributed by atoms with Gasteiger partial charge >= 0.3 is 5.97 Å². The van der Waals surface area contributed by atoms with E-state index in [1.807, 2.05) is 28.8 Å². The van der Waals surface area contributed by atoms with Crippen molar-refractivity contribution in [2.24, 2.45) is 4.99 Å². The first-order valence-electron chi connectivity index (χ1n) is 7.60. The largest absolute Gasteiger partial charge is 0.465 e. The average molecular weight is 352 g/mol. The Kier molecular flexibility index (Phi) is 4.90. The number of hydrogen-bond acceptors (Lipinski definition) is 4. The fourth-order valence-electron chi connectivity index (χ4n) is 2.43. The summed E-state index contributed by atoms with van der Waals surface area (Å²) in [5.41, 5.74) is 1.82. The molecule has 3 aromatic rings. The highest BCUT2D eigenvalue weighted by Crippen LogP contribution is 2.17. The Morgan fingerprint density at radius 2 is 1.84 bits per heavy atom. The molecule has 5 nitrogen and oxygen atoms in total. The van der Waals surface area contributed by atoms with E-state index < -0.39 is 5.97 Å². The number of thiazole rings is 1. The molecule has 1 heterocycles. The summed E-state index contributed by atoms with van der Waals surface area (Å²) >= 11 is 1.45. The Morgan fingerprint density at radius 1 is 1.16 bits per heavy atom. The van der Waals surface area contributed by atoms with Gasteiger partial charge in [-0.2, -0.15) is 4.99 Å². The van der Waals surface area contributed by atoms with Crippen LogP contribution >= 0.6 is 11.3 Å². The molecular weight excluding hydrogens is 336 g/mol. The molecule has 0 spiro atoms. The van der Waals surface area contributed by atoms with Crippen molar-refractivity contribution in [2.45, 2.75) is 6.54 Å². The second-order valence-electron chi connectivity index (χ2n) is 5.24. The van der Waals surface area contributed by atoms with Crippen LogP contribution in [0.4, 0.5) is 0 Å². The Hall–Kier alpha value is -2.99. The molecule has 6 heteroatoms. The highest BCUT2D eigenvalue weighted by Gasteiger charge is 2.10. The van der Waals surface area contributed by atoms with Crippen LogP contribution in [0.25, 0.3) is 10.2 Å². The fraction of sp³-hybridized carbons (Fsp3) is 0.105. The number of aromatic nitrogens is 1. The summed E-state index contributed by atoms with van der Waals surface area (Å²) in [6.07, 6.45) is 1.77. The molecule has 0 N–H and O–H groups in total. The summed E-state index contributed by atoms with van der Waals surface area (Å²) in [4.78, 5) is 28.8. The molecule has 0 unspecified atom stereocenters. The van der Waals surface area contributed by atoms with Crippen LogP contribution in [0.3, 0.4) is 0 Å². The van der Waals surface area contributed by atoms with Gasteiger partial charge in [0.25, 0.3) is 5.91 Å². The van der Waals surface area contributed by atoms with Crippen molar-refractivity contribution < 1.29 is 14.3 Å². The number of ether oxygens (including phenoxy) is 1. The lowest BCUT2D eigenvalue weighted by Crippen LogP contribution is -2.16. The molecule has 0 saturated heterocycles. The Morgan fingerprint density at radius 3 is 2.52 bits per heavy atom. The van der Waals surface area contributed by atoms with E-state index in [0.29, 0.717) is 22.5 Å². The SMILES string of the molecule is C=CCn1c(=NC(=O)c2ccc(C(=O)OC)cc2)sc2ccccc21. The Labute approximate surface area is 148 Å². The number of methoxy groups -OCH3 is 1. The number of carbonyl (C=O) groups is 2. The third-order valence-electron chi connectivity index (χ3n) is 3.65. The van der Waals surface area contributed by atoms with Crippen molar-refractivity contribution in [3.05, 3.63) is 77.1 Å². The Bertz CT molecular complexity index is 1010. The molecule has 1 aromatic heterocycles. The molecule has 1 amide bonds. The van der Waals surface area contributed by atoms with Crippen LogP contribution in [0.15, 0.2) is 66.2 Å². The van der Waals surface area contributed by atoms with Crippen LogP contribution in [0.2, 0.25) is 0 Å². The second-order valence-corrected chi connectivity index (χ2v) is 6.25. The van der Waals surface area contributed by atoms with Crippen LogP contribution in [-0.4, -0.2) is 23.6 Å². The lowest BCUT2D eigenvalue weighted by Gasteiger charge is -2.01. The van der Waals surface area contributed by atoms with Gasteiger partial charge in [-0.25, -0.2) is 4.79 Å². The molecule has 25 heavy (non-hydrogen) atoms. The molecule has 0 saturated carbocycles. The lowest BCUT2D eigenvalue weighted by atomic mass is 10.1. The summed E-state index contributed by atoms with van der Waals surface area (Å²) in [5, 5.41) is 0. The summed E-state index contributed by atoms with van der Waals surface area (Å²) in [6, 6.07) is 14.1. The third kappa shape index (κ3) is 3.44. The zero-order chi connectivity index (χ0) is 17.8. The molecule has 0 radical (unpaired) electrons. The average Bonchev–Trinajstić information content (AvgIpc) is 2.99. The number of esters is 1. The molecule has 0 aliphatic carbocycles. The molecule has 0 atom stereocenters. The normalized spacial score (nSPS) is 11.5. The summed E-state index contributed by atoms with van der Waals surface area (Å²) < 4.78 is 7.66. The maximum atomic E-state index is 12.5. The fourth-order valence-corrected chi connectivity index (χ4v) is 3.47. The van der Waals surface area contributed by atoms with Gasteiger partial charge in [0.05, 0.1) is 22.9 Å². The van der Waals surface area contributed by atoms with Crippen molar-refractivity contribution in [3.63, 3.8) is 0 Å². The summed E-state index contributed by atoms with van der Waals surface area (Å²) in [6.45, 7) is 4.34. The van der Waals surface area contributed by atoms with Crippen molar-refractivity contribution in [1.82, 2.24) is 4.57 Å². The highest BCUT2D eigenvalue weighted by atomic mass is 32.1. The predicted molar refractivity (Wildman–Crippen MR) is 97.7 cm³/mol. The number of para-hydroxylation sites is 1. The number of hydrogen-bond donors (Lipinski definition) is 0. The van der Waals surface area contributed by atoms with Gasteiger partial charge in [0.2, 0.25) is 0 Å². The van der Waals surface area contributed by atoms with Gasteiger partial charge in [0, 0.05) is 12.1 Å². The number of fused-ring (bicyclic) bond motifs is 1. The Balaban J connectivity index is 2.01. The molecule has 2 aromatic carbocycles. The zero-order valence-electron chi connectivity index (χ0n) is 13.6. The molecule has 0 aliphatic rings. The van der Waals surface area contributed by atoms with Crippen molar-refractivity contribution in [2.75, 3.05) is 7.11 Å². The predicted octanol–water partition coefficient (Wildman–Crippen LogP) is 3.42. The first-order valence-corrected chi connectivity index (χ1v) is 8.42. The molecular formula is C19H16N2O3S. The molecule has 3 rings (SSSR count). The summed E-state index contributed by atoms with van der Waals surface area (Å²) in [7, 11) is 1.32. The highest BCUT2D eigenvalue weighted by molar-refractivity contribution is 7.16. The third-order valence-corrected chi connectivity index (χ3v) is 4.71. The number of benzene rings is 2. The number of nitrogens with zero attached hydrogens (tertiary/aromatic N) is 2. The van der Waals surface area contributed by atoms with E-state index >= 15 is 0 Å². The lowest BCUT2D eigenvalue weighted by molar-refractivity contribution is 0.0600. The quantitative estimate of drug-likeness (QED) is 0.534. The monoisotopic (exact) mass is 352 g/mol. The maximum Gasteiger partial charge on any atom is 0.337 e. The van der Waals surface area contributed by atoms with Crippen LogP contribution in [0.5, 0.6) is 0 Å². The zero-order valence-corrected chi connectivity index (χ0v) is 14.5. The van der Waals surface area contributed by atoms with E-state index in [4.69, 9.17) is 0 Å². The molecule has 0 bridgehead atoms. The van der Waals surface area contributed by atoms with Crippen molar-refractivity contribution in [1.29, 1.82) is 0 Å². The maximum absolute atomic E-state index is 12.5. The van der Waals surface area contributed by atoms with E-state index in [-0.39, 0.29) is 5.91 Å². The van der Waals surface area contributed by atoms with Crippen LogP contribution in [0, 0.1) is 0 Å². The minimum absolute atomic E-state index is 0.360. The number of rotatable bonds is 4. The van der Waals surface area contributed by atoms with E-state index in [2.05, 4.69) is 16.3 Å². The molecule has 126 valence electrons. The van der Waals surface area contributed by atoms with Crippen molar-refractivity contribution >= 4 is 33.4 Å². The van der Waals surface area contributed by atoms with Gasteiger partial charge in [-0.1, -0.05) is 29.5 Å². The van der Waals surface area contributed by atoms with Crippen LogP contribution in [-0.2, 0) is 11.3 Å². The van der Waals surface area contributed by atoms with Gasteiger partial charge in [-0.05, 0) is 36.4 Å². The second kappa shape index (κ2) is 7.27. The van der Waals surface area contributed by atoms with E-state index in [0.717, 1.165) is 10.2 Å². The topological polar surface area (TPSA) is 60.7 Å². The number of amides is 1. The van der Waals surface area contributed by atoms with Crippen LogP contribution < -0.4 is 4.80 Å². The standard InChI is InChI=1S/C19H16N2O3S/c1-3-12-21-15-6-4-5-7-16(15)25-19(21)20-17(22)13-8-10-14(11-9-13)18(23)24-2/h3-11H,1,12H2,2H3. The van der Waals surface area contributed by atoms with Gasteiger partial charge in [0.1, 0.15) is 0 Å². The smallest absolute Gasteiger partial charge is 0.337 e. The van der Waals surface area contributed by atoms with Gasteiger partial charge < -0.3 is 9.30 Å². The van der Waals surface area contributed by atoms with Gasteiger partial charge in [0.15, 0.2) is 4.80 Å². The van der Waals surface area contributed by atoms with Gasteiger partial charge in [-0.15, -0.1) is 6.58 Å².